The molecule has 18 heavy (non-hydrogen) atoms. The van der Waals surface area contributed by atoms with Gasteiger partial charge >= 0.3 is 12.1 Å². The van der Waals surface area contributed by atoms with E-state index >= 15 is 0 Å². The number of hydrogen-bond donors (Lipinski definition) is 2. The zero-order valence-corrected chi connectivity index (χ0v) is 9.95. The zero-order valence-electron chi connectivity index (χ0n) is 9.95. The lowest BCUT2D eigenvalue weighted by molar-refractivity contribution is -0.201. The van der Waals surface area contributed by atoms with Gasteiger partial charge in [0.15, 0.2) is 0 Å². The molecular weight excluding hydrogens is 251 g/mol. The van der Waals surface area contributed by atoms with Crippen molar-refractivity contribution in [1.82, 2.24) is 9.78 Å². The summed E-state index contributed by atoms with van der Waals surface area (Å²) in [5.41, 5.74) is 2.38. The van der Waals surface area contributed by atoms with Crippen molar-refractivity contribution in [1.29, 1.82) is 0 Å². The van der Waals surface area contributed by atoms with Crippen LogP contribution in [0.4, 0.5) is 13.2 Å². The number of aromatic nitrogens is 2. The summed E-state index contributed by atoms with van der Waals surface area (Å²) in [7, 11) is 0. The minimum Gasteiger partial charge on any atom is -0.480 e. The van der Waals surface area contributed by atoms with E-state index in [-0.39, 0.29) is 5.69 Å². The van der Waals surface area contributed by atoms with Crippen molar-refractivity contribution in [3.8, 4) is 0 Å². The van der Waals surface area contributed by atoms with E-state index in [1.165, 1.54) is 10.7 Å². The largest absolute Gasteiger partial charge is 0.480 e. The summed E-state index contributed by atoms with van der Waals surface area (Å²) in [6, 6.07) is 1.40. The summed E-state index contributed by atoms with van der Waals surface area (Å²) in [5, 5.41) is 12.7. The van der Waals surface area contributed by atoms with E-state index in [1.54, 1.807) is 13.8 Å². The summed E-state index contributed by atoms with van der Waals surface area (Å²) < 4.78 is 39.6. The summed E-state index contributed by atoms with van der Waals surface area (Å²) in [4.78, 5) is 10.8. The first kappa shape index (κ1) is 14.5. The van der Waals surface area contributed by atoms with Crippen LogP contribution >= 0.6 is 0 Å². The van der Waals surface area contributed by atoms with Crippen LogP contribution in [0.3, 0.4) is 0 Å². The molecule has 1 unspecified atom stereocenters. The highest BCUT2D eigenvalue weighted by atomic mass is 19.4. The van der Waals surface area contributed by atoms with Crippen molar-refractivity contribution < 1.29 is 23.1 Å². The number of aryl methyl sites for hydroxylation is 2. The van der Waals surface area contributed by atoms with Crippen LogP contribution < -0.4 is 5.73 Å². The first-order valence-corrected chi connectivity index (χ1v) is 5.24. The van der Waals surface area contributed by atoms with Gasteiger partial charge in [0.2, 0.25) is 5.54 Å². The molecule has 1 aromatic rings. The average Bonchev–Trinajstić information content (AvgIpc) is 2.56. The van der Waals surface area contributed by atoms with Gasteiger partial charge in [0.25, 0.3) is 0 Å². The number of carboxylic acids is 1. The van der Waals surface area contributed by atoms with Crippen molar-refractivity contribution in [2.75, 3.05) is 0 Å². The standard InChI is InChI=1S/C10H14F3N3O2/c1-3-16-7(4-6(2)15-16)5-9(14,8(17)18)10(11,12)13/h4H,3,5,14H2,1-2H3,(H,17,18). The average molecular weight is 265 g/mol. The Morgan fingerprint density at radius 1 is 1.56 bits per heavy atom. The van der Waals surface area contributed by atoms with Gasteiger partial charge < -0.3 is 10.8 Å². The fourth-order valence-corrected chi connectivity index (χ4v) is 1.60. The maximum Gasteiger partial charge on any atom is 0.417 e. The molecule has 1 aromatic heterocycles. The van der Waals surface area contributed by atoms with Crippen LogP contribution in [0.2, 0.25) is 0 Å². The Hall–Kier alpha value is -1.57. The van der Waals surface area contributed by atoms with Crippen LogP contribution in [-0.2, 0) is 17.8 Å². The molecule has 0 aliphatic carbocycles. The fraction of sp³-hybridized carbons (Fsp3) is 0.600. The number of alkyl halides is 3. The first-order chi connectivity index (χ1) is 8.11. The molecule has 0 amide bonds. The quantitative estimate of drug-likeness (QED) is 0.854. The molecule has 1 rings (SSSR count). The van der Waals surface area contributed by atoms with Gasteiger partial charge in [0.05, 0.1) is 5.69 Å². The van der Waals surface area contributed by atoms with E-state index in [0.717, 1.165) is 0 Å². The highest BCUT2D eigenvalue weighted by Gasteiger charge is 2.58. The molecule has 0 saturated heterocycles. The third kappa shape index (κ3) is 2.47. The second-order valence-corrected chi connectivity index (χ2v) is 4.04. The number of rotatable bonds is 4. The van der Waals surface area contributed by atoms with Crippen LogP contribution in [0.15, 0.2) is 6.07 Å². The number of carboxylic acid groups (broad SMARTS) is 1. The van der Waals surface area contributed by atoms with Crippen LogP contribution in [-0.4, -0.2) is 32.6 Å². The maximum absolute atomic E-state index is 12.7. The van der Waals surface area contributed by atoms with Gasteiger partial charge in [-0.25, -0.2) is 4.79 Å². The summed E-state index contributed by atoms with van der Waals surface area (Å²) in [6.07, 6.45) is -5.88. The molecular formula is C10H14F3N3O2. The number of aliphatic carboxylic acids is 1. The maximum atomic E-state index is 12.7. The number of hydrogen-bond acceptors (Lipinski definition) is 3. The molecule has 0 bridgehead atoms. The number of carbonyl (C=O) groups is 1. The Morgan fingerprint density at radius 3 is 2.50 bits per heavy atom. The molecule has 0 radical (unpaired) electrons. The molecule has 0 aromatic carbocycles. The Kier molecular flexibility index (Phi) is 3.70. The number of nitrogens with zero attached hydrogens (tertiary/aromatic N) is 2. The van der Waals surface area contributed by atoms with Gasteiger partial charge in [-0.1, -0.05) is 0 Å². The van der Waals surface area contributed by atoms with Crippen molar-refractivity contribution in [3.05, 3.63) is 17.5 Å². The molecule has 3 N–H and O–H groups in total. The van der Waals surface area contributed by atoms with Gasteiger partial charge in [0, 0.05) is 18.7 Å². The molecule has 102 valence electrons. The minimum absolute atomic E-state index is 0.150. The third-order valence-corrected chi connectivity index (χ3v) is 2.63. The van der Waals surface area contributed by atoms with E-state index in [4.69, 9.17) is 10.8 Å². The van der Waals surface area contributed by atoms with Crippen LogP contribution in [0.25, 0.3) is 0 Å². The van der Waals surface area contributed by atoms with Gasteiger partial charge in [-0.3, -0.25) is 4.68 Å². The minimum atomic E-state index is -5.03. The molecule has 8 heteroatoms. The van der Waals surface area contributed by atoms with E-state index in [0.29, 0.717) is 12.2 Å². The number of halogens is 3. The lowest BCUT2D eigenvalue weighted by Gasteiger charge is -2.27. The molecule has 1 atom stereocenters. The highest BCUT2D eigenvalue weighted by molar-refractivity contribution is 5.80. The summed E-state index contributed by atoms with van der Waals surface area (Å²) in [6.45, 7) is 3.65. The van der Waals surface area contributed by atoms with Crippen molar-refractivity contribution in [3.63, 3.8) is 0 Å². The molecule has 0 aliphatic rings. The second-order valence-electron chi connectivity index (χ2n) is 4.04. The molecule has 1 heterocycles. The molecule has 0 aliphatic heterocycles. The van der Waals surface area contributed by atoms with E-state index < -0.39 is 24.1 Å². The Balaban J connectivity index is 3.16. The van der Waals surface area contributed by atoms with Crippen molar-refractivity contribution in [2.45, 2.75) is 38.5 Å². The Morgan fingerprint density at radius 2 is 2.11 bits per heavy atom. The smallest absolute Gasteiger partial charge is 0.417 e. The summed E-state index contributed by atoms with van der Waals surface area (Å²) in [5.74, 6) is -2.10. The SMILES string of the molecule is CCn1nc(C)cc1CC(N)(C(=O)O)C(F)(F)F. The zero-order chi connectivity index (χ0) is 14.1. The van der Waals surface area contributed by atoms with Gasteiger partial charge in [-0.2, -0.15) is 18.3 Å². The molecule has 0 fully saturated rings. The van der Waals surface area contributed by atoms with Crippen LogP contribution in [0, 0.1) is 6.92 Å². The predicted molar refractivity (Wildman–Crippen MR) is 57.0 cm³/mol. The first-order valence-electron chi connectivity index (χ1n) is 5.24. The van der Waals surface area contributed by atoms with E-state index in [9.17, 15) is 18.0 Å². The fourth-order valence-electron chi connectivity index (χ4n) is 1.60. The number of nitrogens with two attached hydrogens (primary N) is 1. The van der Waals surface area contributed by atoms with Crippen LogP contribution in [0.1, 0.15) is 18.3 Å². The van der Waals surface area contributed by atoms with Crippen molar-refractivity contribution in [2.24, 2.45) is 5.73 Å². The molecule has 0 spiro atoms. The van der Waals surface area contributed by atoms with E-state index in [1.807, 2.05) is 0 Å². The summed E-state index contributed by atoms with van der Waals surface area (Å²) >= 11 is 0. The van der Waals surface area contributed by atoms with Crippen molar-refractivity contribution >= 4 is 5.97 Å². The molecule has 5 nitrogen and oxygen atoms in total. The van der Waals surface area contributed by atoms with Crippen LogP contribution in [0.5, 0.6) is 0 Å². The van der Waals surface area contributed by atoms with Gasteiger partial charge in [-0.05, 0) is 19.9 Å². The predicted octanol–water partition coefficient (Wildman–Crippen LogP) is 1.10. The Labute approximate surface area is 101 Å². The molecule has 0 saturated carbocycles. The van der Waals surface area contributed by atoms with E-state index in [2.05, 4.69) is 5.10 Å². The topological polar surface area (TPSA) is 81.1 Å². The highest BCUT2D eigenvalue weighted by Crippen LogP contribution is 2.31. The normalized spacial score (nSPS) is 15.4. The third-order valence-electron chi connectivity index (χ3n) is 2.63. The van der Waals surface area contributed by atoms with Gasteiger partial charge in [-0.15, -0.1) is 0 Å². The Bertz CT molecular complexity index is 456. The van der Waals surface area contributed by atoms with Gasteiger partial charge in [0.1, 0.15) is 0 Å². The lowest BCUT2D eigenvalue weighted by Crippen LogP contribution is -2.61. The lowest BCUT2D eigenvalue weighted by atomic mass is 9.93. The second kappa shape index (κ2) is 4.60. The monoisotopic (exact) mass is 265 g/mol.